The summed E-state index contributed by atoms with van der Waals surface area (Å²) in [5, 5.41) is 20.1. The number of para-hydroxylation sites is 1. The quantitative estimate of drug-likeness (QED) is 0.640. The van der Waals surface area contributed by atoms with Gasteiger partial charge >= 0.3 is 5.97 Å². The third kappa shape index (κ3) is 3.55. The number of amides is 1. The van der Waals surface area contributed by atoms with E-state index in [2.05, 4.69) is 0 Å². The Labute approximate surface area is 153 Å². The summed E-state index contributed by atoms with van der Waals surface area (Å²) in [5.41, 5.74) is 0.987. The summed E-state index contributed by atoms with van der Waals surface area (Å²) in [4.78, 5) is 36.6. The summed E-state index contributed by atoms with van der Waals surface area (Å²) in [6, 6.07) is 14.1. The molecule has 1 aliphatic rings. The molecule has 2 aromatic rings. The van der Waals surface area contributed by atoms with Crippen LogP contribution in [0, 0.1) is 10.1 Å². The van der Waals surface area contributed by atoms with E-state index in [4.69, 9.17) is 0 Å². The molecule has 1 unspecified atom stereocenters. The first-order valence-corrected chi connectivity index (χ1v) is 8.96. The largest absolute Gasteiger partial charge is 0.480 e. The molecule has 0 aromatic heterocycles. The smallest absolute Gasteiger partial charge is 0.327 e. The summed E-state index contributed by atoms with van der Waals surface area (Å²) in [6.45, 7) is 0. The predicted molar refractivity (Wildman–Crippen MR) is 96.7 cm³/mol. The Hall–Kier alpha value is -2.87. The summed E-state index contributed by atoms with van der Waals surface area (Å²) < 4.78 is 0. The first-order valence-electron chi connectivity index (χ1n) is 7.92. The van der Waals surface area contributed by atoms with Crippen molar-refractivity contribution in [3.8, 4) is 0 Å². The number of thioether (sulfide) groups is 1. The molecule has 1 N–H and O–H groups in total. The van der Waals surface area contributed by atoms with Crippen molar-refractivity contribution < 1.29 is 19.6 Å². The van der Waals surface area contributed by atoms with E-state index in [1.165, 1.54) is 22.7 Å². The number of benzene rings is 2. The lowest BCUT2D eigenvalue weighted by atomic mass is 10.1. The Kier molecular flexibility index (Phi) is 5.22. The topological polar surface area (TPSA) is 101 Å². The summed E-state index contributed by atoms with van der Waals surface area (Å²) in [6.07, 6.45) is 0.0440. The van der Waals surface area contributed by atoms with E-state index < -0.39 is 22.3 Å². The van der Waals surface area contributed by atoms with Gasteiger partial charge in [-0.15, -0.1) is 11.8 Å². The highest BCUT2D eigenvalue weighted by Crippen LogP contribution is 2.44. The third-order valence-corrected chi connectivity index (χ3v) is 5.48. The molecule has 2 atom stereocenters. The maximum Gasteiger partial charge on any atom is 0.327 e. The molecule has 8 heteroatoms. The van der Waals surface area contributed by atoms with Gasteiger partial charge in [0, 0.05) is 11.8 Å². The molecule has 0 bridgehead atoms. The first-order chi connectivity index (χ1) is 12.5. The van der Waals surface area contributed by atoms with E-state index in [1.807, 2.05) is 6.07 Å². The average Bonchev–Trinajstić information content (AvgIpc) is 3.08. The van der Waals surface area contributed by atoms with Gasteiger partial charge in [0.25, 0.3) is 5.69 Å². The molecule has 0 saturated carbocycles. The van der Waals surface area contributed by atoms with Gasteiger partial charge in [-0.3, -0.25) is 14.9 Å². The number of carbonyl (C=O) groups is 2. The number of hydrogen-bond donors (Lipinski definition) is 1. The number of nitro groups is 1. The van der Waals surface area contributed by atoms with Gasteiger partial charge in [-0.2, -0.15) is 0 Å². The van der Waals surface area contributed by atoms with Gasteiger partial charge in [-0.1, -0.05) is 42.5 Å². The van der Waals surface area contributed by atoms with Crippen LogP contribution in [0.1, 0.15) is 16.5 Å². The molecule has 3 rings (SSSR count). The molecule has 1 saturated heterocycles. The second-order valence-corrected chi connectivity index (χ2v) is 6.93. The number of nitro benzene ring substituents is 1. The van der Waals surface area contributed by atoms with Gasteiger partial charge in [0.1, 0.15) is 11.4 Å². The van der Waals surface area contributed by atoms with Crippen molar-refractivity contribution in [2.45, 2.75) is 17.8 Å². The van der Waals surface area contributed by atoms with Crippen LogP contribution in [0.4, 0.5) is 5.69 Å². The van der Waals surface area contributed by atoms with E-state index in [-0.39, 0.29) is 23.8 Å². The van der Waals surface area contributed by atoms with Gasteiger partial charge in [-0.25, -0.2) is 4.79 Å². The highest BCUT2D eigenvalue weighted by molar-refractivity contribution is 7.99. The average molecular weight is 372 g/mol. The molecule has 26 heavy (non-hydrogen) atoms. The number of rotatable bonds is 5. The van der Waals surface area contributed by atoms with Crippen LogP contribution in [0.15, 0.2) is 54.6 Å². The van der Waals surface area contributed by atoms with Crippen molar-refractivity contribution in [1.82, 2.24) is 4.90 Å². The monoisotopic (exact) mass is 372 g/mol. The standard InChI is InChI=1S/C18H16N2O5S/c21-16(10-12-6-2-1-3-7-12)19-15(18(22)23)11-26-17(19)13-8-4-5-9-14(13)20(24)25/h1-9,15,17H,10-11H2,(H,22,23)/t15-,17?/m0/s1. The van der Waals surface area contributed by atoms with Gasteiger partial charge < -0.3 is 10.0 Å². The second-order valence-electron chi connectivity index (χ2n) is 5.82. The Balaban J connectivity index is 1.96. The van der Waals surface area contributed by atoms with E-state index in [9.17, 15) is 24.8 Å². The molecule has 0 spiro atoms. The number of aliphatic carboxylic acids is 1. The molecule has 134 valence electrons. The minimum atomic E-state index is -1.11. The van der Waals surface area contributed by atoms with Crippen LogP contribution in [0.3, 0.4) is 0 Å². The molecule has 1 amide bonds. The van der Waals surface area contributed by atoms with E-state index in [1.54, 1.807) is 42.5 Å². The van der Waals surface area contributed by atoms with Crippen LogP contribution < -0.4 is 0 Å². The molecule has 1 fully saturated rings. The zero-order chi connectivity index (χ0) is 18.7. The first kappa shape index (κ1) is 17.9. The molecular formula is C18H16N2O5S. The van der Waals surface area contributed by atoms with Crippen LogP contribution in [-0.4, -0.2) is 38.6 Å². The fourth-order valence-corrected chi connectivity index (χ4v) is 4.44. The lowest BCUT2D eigenvalue weighted by Gasteiger charge is -2.27. The number of carboxylic acids is 1. The van der Waals surface area contributed by atoms with Crippen molar-refractivity contribution in [1.29, 1.82) is 0 Å². The van der Waals surface area contributed by atoms with Crippen molar-refractivity contribution in [2.24, 2.45) is 0 Å². The summed E-state index contributed by atoms with van der Waals surface area (Å²) in [5.74, 6) is -1.29. The predicted octanol–water partition coefficient (Wildman–Crippen LogP) is 2.86. The normalized spacial score (nSPS) is 19.3. The number of carboxylic acid groups (broad SMARTS) is 1. The van der Waals surface area contributed by atoms with Gasteiger partial charge in [0.2, 0.25) is 5.91 Å². The zero-order valence-corrected chi connectivity index (χ0v) is 14.5. The zero-order valence-electron chi connectivity index (χ0n) is 13.6. The maximum absolute atomic E-state index is 12.9. The van der Waals surface area contributed by atoms with Crippen LogP contribution in [0.25, 0.3) is 0 Å². The molecular weight excluding hydrogens is 356 g/mol. The van der Waals surface area contributed by atoms with Crippen molar-refractivity contribution in [2.75, 3.05) is 5.75 Å². The van der Waals surface area contributed by atoms with Crippen molar-refractivity contribution in [3.05, 3.63) is 75.8 Å². The Bertz CT molecular complexity index is 842. The maximum atomic E-state index is 12.9. The lowest BCUT2D eigenvalue weighted by Crippen LogP contribution is -2.43. The van der Waals surface area contributed by atoms with E-state index in [0.717, 1.165) is 5.56 Å². The summed E-state index contributed by atoms with van der Waals surface area (Å²) in [7, 11) is 0. The Morgan fingerprint density at radius 2 is 1.81 bits per heavy atom. The number of carbonyl (C=O) groups excluding carboxylic acids is 1. The Morgan fingerprint density at radius 3 is 2.46 bits per heavy atom. The lowest BCUT2D eigenvalue weighted by molar-refractivity contribution is -0.385. The van der Waals surface area contributed by atoms with E-state index >= 15 is 0 Å². The van der Waals surface area contributed by atoms with Gasteiger partial charge in [0.15, 0.2) is 0 Å². The van der Waals surface area contributed by atoms with Gasteiger partial charge in [-0.05, 0) is 11.6 Å². The fourth-order valence-electron chi connectivity index (χ4n) is 2.97. The molecule has 2 aromatic carbocycles. The van der Waals surface area contributed by atoms with E-state index in [0.29, 0.717) is 5.56 Å². The SMILES string of the molecule is O=C(O)[C@@H]1CSC(c2ccccc2[N+](=O)[O-])N1C(=O)Cc1ccccc1. The summed E-state index contributed by atoms with van der Waals surface area (Å²) >= 11 is 1.23. The van der Waals surface area contributed by atoms with Crippen LogP contribution in [-0.2, 0) is 16.0 Å². The van der Waals surface area contributed by atoms with Crippen LogP contribution >= 0.6 is 11.8 Å². The molecule has 1 aliphatic heterocycles. The number of nitrogens with zero attached hydrogens (tertiary/aromatic N) is 2. The van der Waals surface area contributed by atoms with Crippen molar-refractivity contribution >= 4 is 29.3 Å². The second kappa shape index (κ2) is 7.57. The van der Waals surface area contributed by atoms with Gasteiger partial charge in [0.05, 0.1) is 16.9 Å². The van der Waals surface area contributed by atoms with Crippen LogP contribution in [0.5, 0.6) is 0 Å². The number of hydrogen-bond acceptors (Lipinski definition) is 5. The minimum Gasteiger partial charge on any atom is -0.480 e. The highest BCUT2D eigenvalue weighted by atomic mass is 32.2. The third-order valence-electron chi connectivity index (χ3n) is 4.17. The van der Waals surface area contributed by atoms with Crippen LogP contribution in [0.2, 0.25) is 0 Å². The Morgan fingerprint density at radius 1 is 1.15 bits per heavy atom. The van der Waals surface area contributed by atoms with Crippen molar-refractivity contribution in [3.63, 3.8) is 0 Å². The molecule has 1 heterocycles. The molecule has 0 aliphatic carbocycles. The molecule has 0 radical (unpaired) electrons. The fraction of sp³-hybridized carbons (Fsp3) is 0.222. The molecule has 7 nitrogen and oxygen atoms in total. The highest BCUT2D eigenvalue weighted by Gasteiger charge is 2.44. The minimum absolute atomic E-state index is 0.0440.